The molecule has 3 aromatic rings. The van der Waals surface area contributed by atoms with Crippen molar-refractivity contribution in [2.45, 2.75) is 0 Å². The van der Waals surface area contributed by atoms with Gasteiger partial charge in [0.1, 0.15) is 5.52 Å². The number of fused-ring (bicyclic) bond motifs is 1. The van der Waals surface area contributed by atoms with E-state index in [4.69, 9.17) is 9.47 Å². The third kappa shape index (κ3) is 3.52. The predicted octanol–water partition coefficient (Wildman–Crippen LogP) is 5.09. The Labute approximate surface area is 158 Å². The van der Waals surface area contributed by atoms with Gasteiger partial charge >= 0.3 is 0 Å². The molecule has 0 N–H and O–H groups in total. The van der Waals surface area contributed by atoms with E-state index in [2.05, 4.69) is 20.9 Å². The maximum absolute atomic E-state index is 11.2. The summed E-state index contributed by atoms with van der Waals surface area (Å²) in [5, 5.41) is 11.9. The molecule has 0 spiro atoms. The Bertz CT molecular complexity index is 1020. The molecule has 1 aromatic heterocycles. The number of methoxy groups -OCH3 is 2. The number of hydrogen-bond acceptors (Lipinski definition) is 5. The van der Waals surface area contributed by atoms with Crippen molar-refractivity contribution < 1.29 is 14.4 Å². The number of nitrogens with zero attached hydrogens (tertiary/aromatic N) is 2. The van der Waals surface area contributed by atoms with Crippen LogP contribution in [0, 0.1) is 10.1 Å². The fraction of sp³-hybridized carbons (Fsp3) is 0.105. The molecule has 0 saturated carbocycles. The van der Waals surface area contributed by atoms with Crippen molar-refractivity contribution in [1.82, 2.24) is 4.98 Å². The van der Waals surface area contributed by atoms with Crippen LogP contribution < -0.4 is 9.47 Å². The van der Waals surface area contributed by atoms with E-state index >= 15 is 0 Å². The summed E-state index contributed by atoms with van der Waals surface area (Å²) in [4.78, 5) is 15.2. The summed E-state index contributed by atoms with van der Waals surface area (Å²) in [7, 11) is 3.15. The largest absolute Gasteiger partial charge is 0.493 e. The van der Waals surface area contributed by atoms with Crippen LogP contribution in [0.15, 0.2) is 46.9 Å². The summed E-state index contributed by atoms with van der Waals surface area (Å²) in [6.07, 6.45) is 3.65. The second-order valence-corrected chi connectivity index (χ2v) is 6.26. The zero-order chi connectivity index (χ0) is 18.7. The number of non-ortho nitro benzene ring substituents is 1. The molecule has 0 unspecified atom stereocenters. The zero-order valence-electron chi connectivity index (χ0n) is 14.1. The van der Waals surface area contributed by atoms with E-state index in [1.54, 1.807) is 32.4 Å². The van der Waals surface area contributed by atoms with Gasteiger partial charge < -0.3 is 9.47 Å². The van der Waals surface area contributed by atoms with Gasteiger partial charge in [-0.2, -0.15) is 0 Å². The molecule has 0 saturated heterocycles. The van der Waals surface area contributed by atoms with Crippen LogP contribution in [0.2, 0.25) is 0 Å². The Morgan fingerprint density at radius 3 is 2.50 bits per heavy atom. The van der Waals surface area contributed by atoms with Gasteiger partial charge in [-0.05, 0) is 29.8 Å². The Hall–Kier alpha value is -2.93. The lowest BCUT2D eigenvalue weighted by Crippen LogP contribution is -1.93. The average molecular weight is 415 g/mol. The quantitative estimate of drug-likeness (QED) is 0.429. The minimum Gasteiger partial charge on any atom is -0.493 e. The van der Waals surface area contributed by atoms with Gasteiger partial charge in [0, 0.05) is 15.9 Å². The molecule has 0 bridgehead atoms. The van der Waals surface area contributed by atoms with Gasteiger partial charge in [-0.1, -0.05) is 40.2 Å². The molecule has 0 radical (unpaired) electrons. The number of benzene rings is 2. The maximum Gasteiger partial charge on any atom is 0.295 e. The summed E-state index contributed by atoms with van der Waals surface area (Å²) >= 11 is 3.50. The molecule has 6 nitrogen and oxygen atoms in total. The molecule has 0 amide bonds. The first-order chi connectivity index (χ1) is 12.5. The number of aromatic nitrogens is 1. The topological polar surface area (TPSA) is 74.5 Å². The highest BCUT2D eigenvalue weighted by Gasteiger charge is 2.12. The Kier molecular flexibility index (Phi) is 5.18. The summed E-state index contributed by atoms with van der Waals surface area (Å²) in [6.45, 7) is 0. The first-order valence-corrected chi connectivity index (χ1v) is 8.46. The lowest BCUT2D eigenvalue weighted by Gasteiger charge is -2.09. The summed E-state index contributed by atoms with van der Waals surface area (Å²) in [5.41, 5.74) is 1.84. The lowest BCUT2D eigenvalue weighted by molar-refractivity contribution is -0.383. The highest BCUT2D eigenvalue weighted by atomic mass is 79.9. The molecule has 132 valence electrons. The van der Waals surface area contributed by atoms with Crippen LogP contribution in [0.3, 0.4) is 0 Å². The average Bonchev–Trinajstić information content (AvgIpc) is 2.65. The molecule has 1 heterocycles. The van der Waals surface area contributed by atoms with Gasteiger partial charge in [-0.25, -0.2) is 4.98 Å². The Morgan fingerprint density at radius 2 is 1.81 bits per heavy atom. The van der Waals surface area contributed by atoms with Crippen LogP contribution in [0.1, 0.15) is 11.3 Å². The van der Waals surface area contributed by atoms with Gasteiger partial charge in [0.2, 0.25) is 0 Å². The molecular formula is C19H15BrN2O4. The van der Waals surface area contributed by atoms with E-state index in [1.807, 2.05) is 30.3 Å². The van der Waals surface area contributed by atoms with Gasteiger partial charge in [0.15, 0.2) is 11.5 Å². The molecule has 2 aromatic carbocycles. The molecule has 0 aliphatic rings. The number of pyridine rings is 1. The fourth-order valence-corrected chi connectivity index (χ4v) is 3.01. The molecule has 0 aliphatic carbocycles. The second-order valence-electron chi connectivity index (χ2n) is 5.40. The van der Waals surface area contributed by atoms with Crippen LogP contribution in [0.4, 0.5) is 5.69 Å². The zero-order valence-corrected chi connectivity index (χ0v) is 15.7. The monoisotopic (exact) mass is 414 g/mol. The van der Waals surface area contributed by atoms with Crippen molar-refractivity contribution in [1.29, 1.82) is 0 Å². The SMILES string of the molecule is COc1cc(Br)c(/C=C/c2ccc3cccc([N+](=O)[O-])c3n2)cc1OC. The van der Waals surface area contributed by atoms with Crippen LogP contribution in [0.25, 0.3) is 23.1 Å². The molecule has 0 fully saturated rings. The standard InChI is InChI=1S/C19H15BrN2O4/c1-25-17-10-13(15(20)11-18(17)26-2)7-9-14-8-6-12-4-3-5-16(22(23)24)19(12)21-14/h3-11H,1-2H3/b9-7+. The second kappa shape index (κ2) is 7.53. The third-order valence-corrected chi connectivity index (χ3v) is 4.54. The van der Waals surface area contributed by atoms with Gasteiger partial charge in [0.05, 0.1) is 24.8 Å². The van der Waals surface area contributed by atoms with E-state index in [-0.39, 0.29) is 5.69 Å². The maximum atomic E-state index is 11.2. The Balaban J connectivity index is 2.01. The number of hydrogen-bond donors (Lipinski definition) is 0. The van der Waals surface area contributed by atoms with Crippen molar-refractivity contribution in [2.24, 2.45) is 0 Å². The summed E-state index contributed by atoms with van der Waals surface area (Å²) < 4.78 is 11.4. The molecule has 0 aliphatic heterocycles. The van der Waals surface area contributed by atoms with Crippen LogP contribution >= 0.6 is 15.9 Å². The van der Waals surface area contributed by atoms with Gasteiger partial charge in [-0.3, -0.25) is 10.1 Å². The minimum atomic E-state index is -0.423. The fourth-order valence-electron chi connectivity index (χ4n) is 2.56. The molecular weight excluding hydrogens is 400 g/mol. The van der Waals surface area contributed by atoms with Gasteiger partial charge in [0.25, 0.3) is 5.69 Å². The van der Waals surface area contributed by atoms with Crippen LogP contribution in [0.5, 0.6) is 11.5 Å². The normalized spacial score (nSPS) is 11.0. The van der Waals surface area contributed by atoms with Crippen molar-refractivity contribution in [3.05, 3.63) is 68.3 Å². The van der Waals surface area contributed by atoms with Crippen molar-refractivity contribution >= 4 is 44.7 Å². The Morgan fingerprint density at radius 1 is 1.08 bits per heavy atom. The van der Waals surface area contributed by atoms with E-state index in [0.717, 1.165) is 15.4 Å². The first-order valence-electron chi connectivity index (χ1n) is 7.67. The molecule has 3 rings (SSSR count). The highest BCUT2D eigenvalue weighted by molar-refractivity contribution is 9.10. The molecule has 0 atom stereocenters. The minimum absolute atomic E-state index is 0.00922. The number of halogens is 1. The number of ether oxygens (including phenoxy) is 2. The van der Waals surface area contributed by atoms with Crippen LogP contribution in [-0.4, -0.2) is 24.1 Å². The number of nitro benzene ring substituents is 1. The van der Waals surface area contributed by atoms with Crippen molar-refractivity contribution in [2.75, 3.05) is 14.2 Å². The molecule has 26 heavy (non-hydrogen) atoms. The van der Waals surface area contributed by atoms with E-state index in [9.17, 15) is 10.1 Å². The van der Waals surface area contributed by atoms with E-state index in [1.165, 1.54) is 6.07 Å². The van der Waals surface area contributed by atoms with Gasteiger partial charge in [-0.15, -0.1) is 0 Å². The predicted molar refractivity (Wildman–Crippen MR) is 105 cm³/mol. The summed E-state index contributed by atoms with van der Waals surface area (Å²) in [6, 6.07) is 12.2. The van der Waals surface area contributed by atoms with Crippen molar-refractivity contribution in [3.63, 3.8) is 0 Å². The number of nitro groups is 1. The van der Waals surface area contributed by atoms with Crippen LogP contribution in [-0.2, 0) is 0 Å². The third-order valence-electron chi connectivity index (χ3n) is 3.85. The first kappa shape index (κ1) is 17.9. The van der Waals surface area contributed by atoms with E-state index in [0.29, 0.717) is 22.7 Å². The summed E-state index contributed by atoms with van der Waals surface area (Å²) in [5.74, 6) is 1.23. The lowest BCUT2D eigenvalue weighted by atomic mass is 10.1. The van der Waals surface area contributed by atoms with E-state index < -0.39 is 4.92 Å². The number of rotatable bonds is 5. The number of para-hydroxylation sites is 1. The highest BCUT2D eigenvalue weighted by Crippen LogP contribution is 2.34. The smallest absolute Gasteiger partial charge is 0.295 e. The van der Waals surface area contributed by atoms with Crippen molar-refractivity contribution in [3.8, 4) is 11.5 Å². The molecule has 7 heteroatoms.